The Balaban J connectivity index is 1.71. The Kier molecular flexibility index (Phi) is 5.48. The van der Waals surface area contributed by atoms with E-state index in [1.807, 2.05) is 6.92 Å². The van der Waals surface area contributed by atoms with Crippen molar-refractivity contribution in [2.24, 2.45) is 0 Å². The fraction of sp³-hybridized carbons (Fsp3) is 0.158. The van der Waals surface area contributed by atoms with E-state index < -0.39 is 5.82 Å². The maximum absolute atomic E-state index is 13.8. The molecule has 0 saturated carbocycles. The summed E-state index contributed by atoms with van der Waals surface area (Å²) in [4.78, 5) is 16.6. The molecule has 1 heterocycles. The predicted molar refractivity (Wildman–Crippen MR) is 99.6 cm³/mol. The Morgan fingerprint density at radius 2 is 2.00 bits per heavy atom. The second-order valence-electron chi connectivity index (χ2n) is 5.30. The smallest absolute Gasteiger partial charge is 0.257 e. The molecule has 0 fully saturated rings. The van der Waals surface area contributed by atoms with Gasteiger partial charge in [-0.1, -0.05) is 0 Å². The van der Waals surface area contributed by atoms with Gasteiger partial charge in [-0.3, -0.25) is 10.1 Å². The Morgan fingerprint density at radius 1 is 1.23 bits per heavy atom. The van der Waals surface area contributed by atoms with Gasteiger partial charge in [0.1, 0.15) is 5.75 Å². The number of anilines is 1. The molecule has 5 nitrogen and oxygen atoms in total. The minimum atomic E-state index is -0.460. The number of amides is 1. The third kappa shape index (κ3) is 4.00. The molecule has 0 saturated heterocycles. The molecule has 2 aromatic carbocycles. The average Bonchev–Trinajstić information content (AvgIpc) is 3.11. The Morgan fingerprint density at radius 3 is 2.65 bits per heavy atom. The van der Waals surface area contributed by atoms with E-state index in [2.05, 4.69) is 10.3 Å². The summed E-state index contributed by atoms with van der Waals surface area (Å²) in [6.07, 6.45) is 0. The van der Waals surface area contributed by atoms with Crippen LogP contribution in [0, 0.1) is 5.82 Å². The Bertz CT molecular complexity index is 909. The fourth-order valence-corrected chi connectivity index (χ4v) is 3.04. The highest BCUT2D eigenvalue weighted by atomic mass is 32.1. The van der Waals surface area contributed by atoms with Crippen LogP contribution in [0.4, 0.5) is 9.52 Å². The van der Waals surface area contributed by atoms with Crippen molar-refractivity contribution in [1.29, 1.82) is 0 Å². The molecule has 1 N–H and O–H groups in total. The highest BCUT2D eigenvalue weighted by Crippen LogP contribution is 2.28. The summed E-state index contributed by atoms with van der Waals surface area (Å²) in [7, 11) is 1.41. The quantitative estimate of drug-likeness (QED) is 0.686. The van der Waals surface area contributed by atoms with E-state index in [-0.39, 0.29) is 11.7 Å². The van der Waals surface area contributed by atoms with Gasteiger partial charge < -0.3 is 9.47 Å². The van der Waals surface area contributed by atoms with Crippen LogP contribution in [0.2, 0.25) is 0 Å². The van der Waals surface area contributed by atoms with Crippen LogP contribution in [-0.4, -0.2) is 24.6 Å². The van der Waals surface area contributed by atoms with Gasteiger partial charge in [-0.15, -0.1) is 11.3 Å². The first-order valence-corrected chi connectivity index (χ1v) is 8.82. The average molecular weight is 372 g/mol. The number of rotatable bonds is 6. The van der Waals surface area contributed by atoms with Crippen LogP contribution in [0.3, 0.4) is 0 Å². The van der Waals surface area contributed by atoms with Crippen LogP contribution in [0.25, 0.3) is 11.3 Å². The van der Waals surface area contributed by atoms with Crippen molar-refractivity contribution in [2.45, 2.75) is 6.92 Å². The van der Waals surface area contributed by atoms with Gasteiger partial charge in [-0.25, -0.2) is 9.37 Å². The summed E-state index contributed by atoms with van der Waals surface area (Å²) < 4.78 is 24.1. The number of hydrogen-bond acceptors (Lipinski definition) is 5. The molecule has 0 atom stereocenters. The fourth-order valence-electron chi connectivity index (χ4n) is 2.33. The maximum Gasteiger partial charge on any atom is 0.257 e. The van der Waals surface area contributed by atoms with E-state index in [0.717, 1.165) is 0 Å². The molecule has 0 radical (unpaired) electrons. The van der Waals surface area contributed by atoms with Crippen LogP contribution >= 0.6 is 11.3 Å². The van der Waals surface area contributed by atoms with E-state index in [4.69, 9.17) is 9.47 Å². The van der Waals surface area contributed by atoms with Crippen LogP contribution < -0.4 is 14.8 Å². The van der Waals surface area contributed by atoms with Gasteiger partial charge in [0.2, 0.25) is 0 Å². The van der Waals surface area contributed by atoms with Crippen molar-refractivity contribution in [1.82, 2.24) is 4.98 Å². The second kappa shape index (κ2) is 7.97. The molecule has 3 aromatic rings. The zero-order valence-electron chi connectivity index (χ0n) is 14.3. The number of methoxy groups -OCH3 is 1. The minimum Gasteiger partial charge on any atom is -0.494 e. The minimum absolute atomic E-state index is 0.174. The lowest BCUT2D eigenvalue weighted by molar-refractivity contribution is 0.102. The molecular weight excluding hydrogens is 355 g/mol. The van der Waals surface area contributed by atoms with Crippen molar-refractivity contribution < 1.29 is 18.7 Å². The van der Waals surface area contributed by atoms with Crippen molar-refractivity contribution in [3.63, 3.8) is 0 Å². The summed E-state index contributed by atoms with van der Waals surface area (Å²) >= 11 is 1.27. The number of ether oxygens (including phenoxy) is 2. The number of carbonyl (C=O) groups excluding carboxylic acids is 1. The summed E-state index contributed by atoms with van der Waals surface area (Å²) in [5.41, 5.74) is 1.69. The van der Waals surface area contributed by atoms with Crippen LogP contribution in [0.5, 0.6) is 11.5 Å². The van der Waals surface area contributed by atoms with Crippen molar-refractivity contribution in [2.75, 3.05) is 19.0 Å². The summed E-state index contributed by atoms with van der Waals surface area (Å²) in [5.74, 6) is 0.156. The summed E-state index contributed by atoms with van der Waals surface area (Å²) in [5, 5.41) is 4.95. The van der Waals surface area contributed by atoms with Crippen molar-refractivity contribution in [3.8, 4) is 22.8 Å². The monoisotopic (exact) mass is 372 g/mol. The van der Waals surface area contributed by atoms with Gasteiger partial charge in [0.05, 0.1) is 19.4 Å². The van der Waals surface area contributed by atoms with Gasteiger partial charge in [0, 0.05) is 16.5 Å². The number of nitrogens with zero attached hydrogens (tertiary/aromatic N) is 1. The molecule has 7 heteroatoms. The number of carbonyl (C=O) groups is 1. The van der Waals surface area contributed by atoms with E-state index in [1.54, 1.807) is 41.8 Å². The highest BCUT2D eigenvalue weighted by molar-refractivity contribution is 7.14. The third-order valence-corrected chi connectivity index (χ3v) is 4.36. The molecule has 0 spiro atoms. The molecule has 0 bridgehead atoms. The molecule has 0 aliphatic carbocycles. The SMILES string of the molecule is CCOc1ccc(C(=O)Nc2nc(-c3ccc(OC)c(F)c3)cs2)cc1. The van der Waals surface area contributed by atoms with E-state index in [9.17, 15) is 9.18 Å². The van der Waals surface area contributed by atoms with Gasteiger partial charge in [0.25, 0.3) is 5.91 Å². The molecule has 0 aliphatic heterocycles. The molecule has 26 heavy (non-hydrogen) atoms. The maximum atomic E-state index is 13.8. The molecule has 0 aliphatic rings. The lowest BCUT2D eigenvalue weighted by atomic mass is 10.1. The lowest BCUT2D eigenvalue weighted by Crippen LogP contribution is -2.11. The lowest BCUT2D eigenvalue weighted by Gasteiger charge is -2.05. The van der Waals surface area contributed by atoms with Gasteiger partial charge in [0.15, 0.2) is 16.7 Å². The zero-order chi connectivity index (χ0) is 18.5. The zero-order valence-corrected chi connectivity index (χ0v) is 15.1. The number of nitrogens with one attached hydrogen (secondary N) is 1. The number of benzene rings is 2. The summed E-state index contributed by atoms with van der Waals surface area (Å²) in [6.45, 7) is 2.47. The van der Waals surface area contributed by atoms with Crippen molar-refractivity contribution >= 4 is 22.4 Å². The summed E-state index contributed by atoms with van der Waals surface area (Å²) in [6, 6.07) is 11.5. The number of aromatic nitrogens is 1. The van der Waals surface area contributed by atoms with Gasteiger partial charge >= 0.3 is 0 Å². The van der Waals surface area contributed by atoms with Crippen LogP contribution in [0.1, 0.15) is 17.3 Å². The predicted octanol–water partition coefficient (Wildman–Crippen LogP) is 4.61. The largest absolute Gasteiger partial charge is 0.494 e. The first-order valence-electron chi connectivity index (χ1n) is 7.94. The second-order valence-corrected chi connectivity index (χ2v) is 6.16. The Labute approximate surface area is 154 Å². The molecular formula is C19H17FN2O3S. The molecule has 1 amide bonds. The normalized spacial score (nSPS) is 10.4. The van der Waals surface area contributed by atoms with Gasteiger partial charge in [-0.05, 0) is 49.4 Å². The van der Waals surface area contributed by atoms with Crippen LogP contribution in [-0.2, 0) is 0 Å². The molecule has 3 rings (SSSR count). The topological polar surface area (TPSA) is 60.5 Å². The number of hydrogen-bond donors (Lipinski definition) is 1. The third-order valence-electron chi connectivity index (χ3n) is 3.60. The first-order chi connectivity index (χ1) is 12.6. The highest BCUT2D eigenvalue weighted by Gasteiger charge is 2.12. The van der Waals surface area contributed by atoms with Gasteiger partial charge in [-0.2, -0.15) is 0 Å². The van der Waals surface area contributed by atoms with E-state index >= 15 is 0 Å². The number of thiazole rings is 1. The van der Waals surface area contributed by atoms with E-state index in [0.29, 0.717) is 34.3 Å². The number of halogens is 1. The van der Waals surface area contributed by atoms with E-state index in [1.165, 1.54) is 24.5 Å². The Hall–Kier alpha value is -2.93. The molecule has 134 valence electrons. The van der Waals surface area contributed by atoms with Crippen molar-refractivity contribution in [3.05, 3.63) is 59.2 Å². The molecule has 0 unspecified atom stereocenters. The van der Waals surface area contributed by atoms with Crippen LogP contribution in [0.15, 0.2) is 47.8 Å². The standard InChI is InChI=1S/C19H17FN2O3S/c1-3-25-14-7-4-12(5-8-14)18(23)22-19-21-16(11-26-19)13-6-9-17(24-2)15(20)10-13/h4-11H,3H2,1-2H3,(H,21,22,23). The molecule has 1 aromatic heterocycles. The first kappa shape index (κ1) is 17.9.